The van der Waals surface area contributed by atoms with Crippen molar-refractivity contribution in [2.24, 2.45) is 0 Å². The van der Waals surface area contributed by atoms with Crippen LogP contribution in [-0.4, -0.2) is 15.9 Å². The van der Waals surface area contributed by atoms with Gasteiger partial charge in [-0.05, 0) is 23.3 Å². The molecular formula is C15H15ClNO5P. The molecule has 0 aliphatic carbocycles. The molecule has 0 aromatic heterocycles. The van der Waals surface area contributed by atoms with Crippen LogP contribution in [0.1, 0.15) is 16.9 Å². The molecule has 2 aromatic rings. The summed E-state index contributed by atoms with van der Waals surface area (Å²) in [6.07, 6.45) is -0.919. The largest absolute Gasteiger partial charge is 0.445 e. The second kappa shape index (κ2) is 7.62. The van der Waals surface area contributed by atoms with Crippen LogP contribution in [0, 0.1) is 0 Å². The van der Waals surface area contributed by atoms with Crippen molar-refractivity contribution in [1.29, 1.82) is 0 Å². The number of benzene rings is 2. The summed E-state index contributed by atoms with van der Waals surface area (Å²) < 4.78 is 16.6. The smallest absolute Gasteiger partial charge is 0.408 e. The van der Waals surface area contributed by atoms with Crippen molar-refractivity contribution in [1.82, 2.24) is 5.32 Å². The molecule has 8 heteroatoms. The lowest BCUT2D eigenvalue weighted by Gasteiger charge is -2.20. The number of hydrogen-bond donors (Lipinski definition) is 3. The lowest BCUT2D eigenvalue weighted by Crippen LogP contribution is -2.29. The van der Waals surface area contributed by atoms with E-state index >= 15 is 0 Å². The molecule has 0 aliphatic heterocycles. The Morgan fingerprint density at radius 3 is 2.30 bits per heavy atom. The zero-order valence-corrected chi connectivity index (χ0v) is 13.6. The SMILES string of the molecule is O=C(NC(c1ccc(Cl)cc1)P(=O)(O)O)OCc1ccccc1. The van der Waals surface area contributed by atoms with Crippen LogP contribution >= 0.6 is 19.2 Å². The molecule has 0 radical (unpaired) electrons. The molecule has 2 aromatic carbocycles. The lowest BCUT2D eigenvalue weighted by molar-refractivity contribution is 0.137. The van der Waals surface area contributed by atoms with Crippen LogP contribution in [0.3, 0.4) is 0 Å². The summed E-state index contributed by atoms with van der Waals surface area (Å²) in [5.41, 5.74) is 1.00. The number of alkyl carbamates (subject to hydrolysis) is 1. The third-order valence-corrected chi connectivity index (χ3v) is 4.34. The van der Waals surface area contributed by atoms with E-state index in [-0.39, 0.29) is 12.2 Å². The first-order chi connectivity index (χ1) is 10.9. The number of nitrogens with one attached hydrogen (secondary N) is 1. The van der Waals surface area contributed by atoms with Gasteiger partial charge in [-0.25, -0.2) is 4.79 Å². The first-order valence-corrected chi connectivity index (χ1v) is 8.70. The predicted octanol–water partition coefficient (Wildman–Crippen LogP) is 3.44. The monoisotopic (exact) mass is 355 g/mol. The maximum absolute atomic E-state index is 11.8. The van der Waals surface area contributed by atoms with E-state index in [1.54, 1.807) is 24.3 Å². The van der Waals surface area contributed by atoms with Gasteiger partial charge < -0.3 is 19.8 Å². The quantitative estimate of drug-likeness (QED) is 0.714. The summed E-state index contributed by atoms with van der Waals surface area (Å²) in [4.78, 5) is 30.7. The maximum atomic E-state index is 11.8. The Morgan fingerprint density at radius 2 is 1.74 bits per heavy atom. The minimum atomic E-state index is -4.62. The van der Waals surface area contributed by atoms with Gasteiger partial charge in [-0.15, -0.1) is 0 Å². The fraction of sp³-hybridized carbons (Fsp3) is 0.133. The van der Waals surface area contributed by atoms with Crippen molar-refractivity contribution in [2.45, 2.75) is 12.4 Å². The molecule has 0 spiro atoms. The van der Waals surface area contributed by atoms with E-state index in [0.717, 1.165) is 5.56 Å². The summed E-state index contributed by atoms with van der Waals surface area (Å²) in [6.45, 7) is 0.00116. The van der Waals surface area contributed by atoms with Crippen molar-refractivity contribution < 1.29 is 23.9 Å². The van der Waals surface area contributed by atoms with E-state index in [0.29, 0.717) is 5.02 Å². The van der Waals surface area contributed by atoms with Crippen LogP contribution in [0.5, 0.6) is 0 Å². The summed E-state index contributed by atoms with van der Waals surface area (Å²) in [7, 11) is -4.62. The number of halogens is 1. The Hall–Kier alpha value is -1.85. The molecule has 0 saturated heterocycles. The van der Waals surface area contributed by atoms with E-state index in [2.05, 4.69) is 5.32 Å². The first kappa shape index (κ1) is 17.5. The Kier molecular flexibility index (Phi) is 5.80. The van der Waals surface area contributed by atoms with Gasteiger partial charge in [-0.2, -0.15) is 0 Å². The molecule has 1 amide bonds. The molecule has 6 nitrogen and oxygen atoms in total. The van der Waals surface area contributed by atoms with Crippen molar-refractivity contribution in [2.75, 3.05) is 0 Å². The second-order valence-corrected chi connectivity index (χ2v) is 6.88. The highest BCUT2D eigenvalue weighted by Crippen LogP contribution is 2.50. The highest BCUT2D eigenvalue weighted by molar-refractivity contribution is 7.52. The minimum Gasteiger partial charge on any atom is -0.445 e. The molecule has 0 bridgehead atoms. The van der Waals surface area contributed by atoms with Crippen LogP contribution in [0.15, 0.2) is 54.6 Å². The molecule has 2 rings (SSSR count). The minimum absolute atomic E-state index is 0.00116. The van der Waals surface area contributed by atoms with E-state index < -0.39 is 19.5 Å². The summed E-state index contributed by atoms with van der Waals surface area (Å²) in [6, 6.07) is 14.8. The third-order valence-electron chi connectivity index (χ3n) is 2.99. The van der Waals surface area contributed by atoms with Gasteiger partial charge in [0.2, 0.25) is 0 Å². The summed E-state index contributed by atoms with van der Waals surface area (Å²) in [5, 5.41) is 2.62. The highest BCUT2D eigenvalue weighted by atomic mass is 35.5. The van der Waals surface area contributed by atoms with Gasteiger partial charge in [-0.3, -0.25) is 4.57 Å². The molecule has 0 aliphatic rings. The zero-order chi connectivity index (χ0) is 16.9. The van der Waals surface area contributed by atoms with Gasteiger partial charge in [0.25, 0.3) is 0 Å². The first-order valence-electron chi connectivity index (χ1n) is 6.64. The number of carbonyl (C=O) groups is 1. The Bertz CT molecular complexity index is 702. The van der Waals surface area contributed by atoms with Gasteiger partial charge >= 0.3 is 13.7 Å². The van der Waals surface area contributed by atoms with Crippen LogP contribution < -0.4 is 5.32 Å². The van der Waals surface area contributed by atoms with Crippen molar-refractivity contribution in [3.8, 4) is 0 Å². The van der Waals surface area contributed by atoms with Crippen LogP contribution in [0.25, 0.3) is 0 Å². The van der Waals surface area contributed by atoms with Crippen LogP contribution in [0.2, 0.25) is 5.02 Å². The Morgan fingerprint density at radius 1 is 1.13 bits per heavy atom. The molecule has 122 valence electrons. The van der Waals surface area contributed by atoms with E-state index in [9.17, 15) is 19.1 Å². The van der Waals surface area contributed by atoms with Crippen molar-refractivity contribution >= 4 is 25.3 Å². The average molecular weight is 356 g/mol. The summed E-state index contributed by atoms with van der Waals surface area (Å²) in [5.74, 6) is -1.50. The highest BCUT2D eigenvalue weighted by Gasteiger charge is 2.32. The number of rotatable bonds is 5. The molecule has 1 unspecified atom stereocenters. The molecule has 0 heterocycles. The average Bonchev–Trinajstić information content (AvgIpc) is 2.52. The topological polar surface area (TPSA) is 95.9 Å². The van der Waals surface area contributed by atoms with Crippen molar-refractivity contribution in [3.63, 3.8) is 0 Å². The Labute approximate surface area is 138 Å². The van der Waals surface area contributed by atoms with Gasteiger partial charge in [-0.1, -0.05) is 54.1 Å². The maximum Gasteiger partial charge on any atom is 0.408 e. The lowest BCUT2D eigenvalue weighted by atomic mass is 10.2. The van der Waals surface area contributed by atoms with E-state index in [1.165, 1.54) is 24.3 Å². The fourth-order valence-electron chi connectivity index (χ4n) is 1.88. The third kappa shape index (κ3) is 5.37. The van der Waals surface area contributed by atoms with E-state index in [4.69, 9.17) is 16.3 Å². The van der Waals surface area contributed by atoms with Gasteiger partial charge in [0, 0.05) is 5.02 Å². The standard InChI is InChI=1S/C15H15ClNO5P/c16-13-8-6-12(7-9-13)14(23(19,20)21)17-15(18)22-10-11-4-2-1-3-5-11/h1-9,14H,10H2,(H,17,18)(H2,19,20,21). The molecule has 23 heavy (non-hydrogen) atoms. The number of amides is 1. The molecular weight excluding hydrogens is 341 g/mol. The summed E-state index contributed by atoms with van der Waals surface area (Å²) >= 11 is 5.75. The van der Waals surface area contributed by atoms with Crippen LogP contribution in [0.4, 0.5) is 4.79 Å². The number of ether oxygens (including phenoxy) is 1. The second-order valence-electron chi connectivity index (χ2n) is 4.75. The predicted molar refractivity (Wildman–Crippen MR) is 86.0 cm³/mol. The molecule has 0 saturated carbocycles. The fourth-order valence-corrected chi connectivity index (χ4v) is 2.84. The number of hydrogen-bond acceptors (Lipinski definition) is 3. The zero-order valence-electron chi connectivity index (χ0n) is 11.9. The molecule has 0 fully saturated rings. The van der Waals surface area contributed by atoms with E-state index in [1.807, 2.05) is 6.07 Å². The number of carbonyl (C=O) groups excluding carboxylic acids is 1. The molecule has 1 atom stereocenters. The normalized spacial score (nSPS) is 12.5. The molecule has 3 N–H and O–H groups in total. The Balaban J connectivity index is 2.04. The van der Waals surface area contributed by atoms with Crippen LogP contribution in [-0.2, 0) is 15.9 Å². The van der Waals surface area contributed by atoms with Gasteiger partial charge in [0.05, 0.1) is 0 Å². The van der Waals surface area contributed by atoms with Crippen molar-refractivity contribution in [3.05, 3.63) is 70.7 Å². The van der Waals surface area contributed by atoms with Gasteiger partial charge in [0.15, 0.2) is 5.78 Å². The van der Waals surface area contributed by atoms with Gasteiger partial charge in [0.1, 0.15) is 6.61 Å².